The van der Waals surface area contributed by atoms with E-state index in [0.717, 1.165) is 36.5 Å². The summed E-state index contributed by atoms with van der Waals surface area (Å²) in [5.74, 6) is -0.0879. The molecular weight excluding hydrogens is 387 g/mol. The van der Waals surface area contributed by atoms with E-state index in [4.69, 9.17) is 34.3 Å². The molecule has 2 N–H and O–H groups in total. The fraction of sp³-hybridized carbons (Fsp3) is 0.300. The van der Waals surface area contributed by atoms with Crippen molar-refractivity contribution in [3.63, 3.8) is 0 Å². The van der Waals surface area contributed by atoms with Gasteiger partial charge in [0.2, 0.25) is 5.91 Å². The maximum Gasteiger partial charge on any atom is 0.220 e. The summed E-state index contributed by atoms with van der Waals surface area (Å²) >= 11 is 11.6. The molecule has 0 radical (unpaired) electrons. The smallest absolute Gasteiger partial charge is 0.220 e. The second kappa shape index (κ2) is 8.67. The van der Waals surface area contributed by atoms with Crippen molar-refractivity contribution in [3.05, 3.63) is 64.4 Å². The lowest BCUT2D eigenvalue weighted by Crippen LogP contribution is -2.41. The van der Waals surface area contributed by atoms with E-state index in [1.165, 1.54) is 6.07 Å². The van der Waals surface area contributed by atoms with Gasteiger partial charge in [-0.25, -0.2) is 4.39 Å². The average molecular weight is 407 g/mol. The van der Waals surface area contributed by atoms with E-state index >= 15 is 0 Å². The molecule has 2 aromatic carbocycles. The zero-order chi connectivity index (χ0) is 19.4. The van der Waals surface area contributed by atoms with Crippen LogP contribution in [0.2, 0.25) is 5.02 Å². The number of thiocarbonyl (C=S) groups is 1. The van der Waals surface area contributed by atoms with Crippen LogP contribution in [0.3, 0.4) is 0 Å². The van der Waals surface area contributed by atoms with Crippen molar-refractivity contribution in [1.29, 1.82) is 0 Å². The van der Waals surface area contributed by atoms with E-state index in [9.17, 15) is 9.18 Å². The Kier molecular flexibility index (Phi) is 6.29. The van der Waals surface area contributed by atoms with Crippen molar-refractivity contribution in [2.24, 2.45) is 11.7 Å². The van der Waals surface area contributed by atoms with Crippen LogP contribution in [-0.4, -0.2) is 28.9 Å². The fourth-order valence-electron chi connectivity index (χ4n) is 3.07. The van der Waals surface area contributed by atoms with Gasteiger partial charge in [-0.15, -0.1) is 0 Å². The number of rotatable bonds is 5. The van der Waals surface area contributed by atoms with Crippen LogP contribution < -0.4 is 10.5 Å². The highest BCUT2D eigenvalue weighted by atomic mass is 35.5. The van der Waals surface area contributed by atoms with Crippen LogP contribution in [0, 0.1) is 11.7 Å². The van der Waals surface area contributed by atoms with Gasteiger partial charge >= 0.3 is 0 Å². The van der Waals surface area contributed by atoms with Crippen molar-refractivity contribution in [2.75, 3.05) is 13.1 Å². The lowest BCUT2D eigenvalue weighted by atomic mass is 9.96. The van der Waals surface area contributed by atoms with Gasteiger partial charge in [0, 0.05) is 30.1 Å². The van der Waals surface area contributed by atoms with E-state index < -0.39 is 0 Å². The minimum absolute atomic E-state index is 0.0515. The molecule has 142 valence electrons. The fourth-order valence-corrected chi connectivity index (χ4v) is 3.61. The zero-order valence-corrected chi connectivity index (χ0v) is 16.2. The number of halogens is 2. The van der Waals surface area contributed by atoms with Gasteiger partial charge in [-0.2, -0.15) is 0 Å². The van der Waals surface area contributed by atoms with Gasteiger partial charge in [-0.05, 0) is 49.2 Å². The molecule has 1 amide bonds. The van der Waals surface area contributed by atoms with Gasteiger partial charge in [-0.3, -0.25) is 4.79 Å². The number of likely N-dealkylation sites (tertiary alicyclic amines) is 1. The van der Waals surface area contributed by atoms with Crippen LogP contribution in [0.25, 0.3) is 0 Å². The Hall–Kier alpha value is -2.18. The highest BCUT2D eigenvalue weighted by molar-refractivity contribution is 7.80. The van der Waals surface area contributed by atoms with Crippen LogP contribution >= 0.6 is 23.8 Å². The first-order chi connectivity index (χ1) is 13.0. The minimum Gasteiger partial charge on any atom is -0.489 e. The number of ether oxygens (including phenoxy) is 1. The second-order valence-electron chi connectivity index (χ2n) is 6.48. The van der Waals surface area contributed by atoms with Gasteiger partial charge in [0.05, 0.1) is 5.02 Å². The Balaban J connectivity index is 1.59. The molecule has 1 fully saturated rings. The molecule has 0 aliphatic carbocycles. The quantitative estimate of drug-likeness (QED) is 0.764. The number of nitrogens with zero attached hydrogens (tertiary/aromatic N) is 1. The number of primary amides is 1. The Morgan fingerprint density at radius 2 is 1.89 bits per heavy atom. The third kappa shape index (κ3) is 4.76. The number of nitrogens with two attached hydrogens (primary N) is 1. The van der Waals surface area contributed by atoms with Gasteiger partial charge in [0.15, 0.2) is 0 Å². The topological polar surface area (TPSA) is 55.6 Å². The van der Waals surface area contributed by atoms with E-state index in [1.54, 1.807) is 24.3 Å². The van der Waals surface area contributed by atoms with Gasteiger partial charge < -0.3 is 15.4 Å². The van der Waals surface area contributed by atoms with E-state index in [-0.39, 0.29) is 24.2 Å². The predicted octanol–water partition coefficient (Wildman–Crippen LogP) is 3.93. The molecule has 1 aliphatic heterocycles. The molecule has 2 aromatic rings. The van der Waals surface area contributed by atoms with Gasteiger partial charge in [-0.1, -0.05) is 29.9 Å². The summed E-state index contributed by atoms with van der Waals surface area (Å²) in [6.45, 7) is 1.49. The number of amides is 1. The maximum atomic E-state index is 13.8. The molecule has 0 spiro atoms. The van der Waals surface area contributed by atoms with Crippen LogP contribution in [0.5, 0.6) is 5.75 Å². The van der Waals surface area contributed by atoms with Crippen molar-refractivity contribution < 1.29 is 13.9 Å². The highest BCUT2D eigenvalue weighted by Crippen LogP contribution is 2.23. The molecule has 1 heterocycles. The number of benzene rings is 2. The van der Waals surface area contributed by atoms with Crippen LogP contribution in [0.15, 0.2) is 42.5 Å². The molecule has 7 heteroatoms. The summed E-state index contributed by atoms with van der Waals surface area (Å²) in [6, 6.07) is 11.9. The summed E-state index contributed by atoms with van der Waals surface area (Å²) < 4.78 is 19.4. The first-order valence-electron chi connectivity index (χ1n) is 8.70. The number of carbonyl (C=O) groups excluding carboxylic acids is 1. The second-order valence-corrected chi connectivity index (χ2v) is 7.28. The monoisotopic (exact) mass is 406 g/mol. The number of hydrogen-bond acceptors (Lipinski definition) is 3. The third-order valence-corrected chi connectivity index (χ3v) is 5.58. The summed E-state index contributed by atoms with van der Waals surface area (Å²) in [5.41, 5.74) is 6.60. The van der Waals surface area contributed by atoms with Crippen molar-refractivity contribution >= 4 is 34.7 Å². The van der Waals surface area contributed by atoms with Crippen LogP contribution in [0.4, 0.5) is 4.39 Å². The molecular formula is C20H20ClFN2O2S. The van der Waals surface area contributed by atoms with Gasteiger partial charge in [0.25, 0.3) is 0 Å². The molecule has 1 saturated heterocycles. The maximum absolute atomic E-state index is 13.8. The number of piperidine rings is 1. The van der Waals surface area contributed by atoms with E-state index in [1.807, 2.05) is 12.1 Å². The van der Waals surface area contributed by atoms with E-state index in [0.29, 0.717) is 16.3 Å². The average Bonchev–Trinajstić information content (AvgIpc) is 2.67. The predicted molar refractivity (Wildman–Crippen MR) is 107 cm³/mol. The summed E-state index contributed by atoms with van der Waals surface area (Å²) in [5, 5.41) is 0.340. The number of carbonyl (C=O) groups is 1. The van der Waals surface area contributed by atoms with Gasteiger partial charge in [0.1, 0.15) is 23.2 Å². The molecule has 0 unspecified atom stereocenters. The minimum atomic E-state index is -0.389. The molecule has 4 nitrogen and oxygen atoms in total. The number of hydrogen-bond donors (Lipinski definition) is 1. The van der Waals surface area contributed by atoms with Crippen LogP contribution in [0.1, 0.15) is 24.0 Å². The SMILES string of the molecule is NC(=O)C1CCN(C(=S)c2ccc(OCc3c(F)cccc3Cl)cc2)CC1. The lowest BCUT2D eigenvalue weighted by molar-refractivity contribution is -0.122. The van der Waals surface area contributed by atoms with E-state index in [2.05, 4.69) is 4.90 Å². The molecule has 27 heavy (non-hydrogen) atoms. The Labute approximate surface area is 168 Å². The zero-order valence-electron chi connectivity index (χ0n) is 14.7. The Morgan fingerprint density at radius 1 is 1.22 bits per heavy atom. The normalized spacial score (nSPS) is 14.8. The lowest BCUT2D eigenvalue weighted by Gasteiger charge is -2.32. The first kappa shape index (κ1) is 19.6. The molecule has 0 aromatic heterocycles. The molecule has 0 saturated carbocycles. The molecule has 0 atom stereocenters. The summed E-state index contributed by atoms with van der Waals surface area (Å²) in [4.78, 5) is 14.1. The third-order valence-electron chi connectivity index (χ3n) is 4.73. The Bertz CT molecular complexity index is 816. The summed E-state index contributed by atoms with van der Waals surface area (Å²) in [7, 11) is 0. The van der Waals surface area contributed by atoms with Crippen molar-refractivity contribution in [3.8, 4) is 5.75 Å². The standard InChI is InChI=1S/C20H20ClFN2O2S/c21-17-2-1-3-18(22)16(17)12-26-15-6-4-14(5-7-15)20(27)24-10-8-13(9-11-24)19(23)25/h1-7,13H,8-12H2,(H2,23,25). The highest BCUT2D eigenvalue weighted by Gasteiger charge is 2.24. The molecule has 0 bridgehead atoms. The molecule has 1 aliphatic rings. The van der Waals surface area contributed by atoms with Crippen molar-refractivity contribution in [1.82, 2.24) is 4.90 Å². The van der Waals surface area contributed by atoms with Crippen LogP contribution in [-0.2, 0) is 11.4 Å². The largest absolute Gasteiger partial charge is 0.489 e. The molecule has 3 rings (SSSR count). The van der Waals surface area contributed by atoms with Crippen molar-refractivity contribution in [2.45, 2.75) is 19.4 Å². The Morgan fingerprint density at radius 3 is 2.48 bits per heavy atom. The summed E-state index contributed by atoms with van der Waals surface area (Å²) in [6.07, 6.45) is 1.44. The first-order valence-corrected chi connectivity index (χ1v) is 9.48.